The zero-order valence-electron chi connectivity index (χ0n) is 16.4. The van der Waals surface area contributed by atoms with Gasteiger partial charge in [-0.2, -0.15) is 0 Å². The Hall–Kier alpha value is -3.66. The van der Waals surface area contributed by atoms with Crippen LogP contribution < -0.4 is 5.32 Å². The van der Waals surface area contributed by atoms with Gasteiger partial charge in [0.15, 0.2) is 0 Å². The molecule has 4 rings (SSSR count). The van der Waals surface area contributed by atoms with E-state index in [9.17, 15) is 14.7 Å². The molecule has 2 N–H and O–H groups in total. The number of amides is 1. The lowest BCUT2D eigenvalue weighted by Gasteiger charge is -2.37. The number of carboxylic acids is 1. The van der Waals surface area contributed by atoms with Crippen molar-refractivity contribution < 1.29 is 14.7 Å². The summed E-state index contributed by atoms with van der Waals surface area (Å²) in [5.74, 6) is -3.59. The van der Waals surface area contributed by atoms with Crippen molar-refractivity contribution in [1.82, 2.24) is 0 Å². The van der Waals surface area contributed by atoms with E-state index >= 15 is 0 Å². The molecule has 1 amide bonds. The van der Waals surface area contributed by atoms with Crippen LogP contribution in [0.1, 0.15) is 23.0 Å². The van der Waals surface area contributed by atoms with E-state index in [1.165, 1.54) is 0 Å². The summed E-state index contributed by atoms with van der Waals surface area (Å²) in [4.78, 5) is 25.9. The van der Waals surface area contributed by atoms with Gasteiger partial charge in [0.05, 0.1) is 11.8 Å². The van der Waals surface area contributed by atoms with Crippen LogP contribution in [0.3, 0.4) is 0 Å². The first kappa shape index (κ1) is 19.6. The highest BCUT2D eigenvalue weighted by Crippen LogP contribution is 2.45. The van der Waals surface area contributed by atoms with Crippen LogP contribution in [0.2, 0.25) is 0 Å². The molecule has 0 unspecified atom stereocenters. The summed E-state index contributed by atoms with van der Waals surface area (Å²) in [6.45, 7) is 0. The number of anilines is 1. The monoisotopic (exact) mass is 397 g/mol. The molecular formula is C26H23NO3. The Labute approximate surface area is 175 Å². The first-order chi connectivity index (χ1) is 14.6. The average molecular weight is 397 g/mol. The highest BCUT2D eigenvalue weighted by molar-refractivity contribution is 5.96. The smallest absolute Gasteiger partial charge is 0.308 e. The topological polar surface area (TPSA) is 66.4 Å². The number of allylic oxidation sites excluding steroid dienone is 2. The highest BCUT2D eigenvalue weighted by Gasteiger charge is 2.46. The molecule has 3 aromatic rings. The van der Waals surface area contributed by atoms with Gasteiger partial charge in [0.25, 0.3) is 0 Å². The van der Waals surface area contributed by atoms with Crippen molar-refractivity contribution in [2.75, 3.05) is 5.32 Å². The van der Waals surface area contributed by atoms with Crippen molar-refractivity contribution in [3.63, 3.8) is 0 Å². The number of nitrogens with one attached hydrogen (secondary N) is 1. The van der Waals surface area contributed by atoms with Crippen molar-refractivity contribution in [1.29, 1.82) is 0 Å². The van der Waals surface area contributed by atoms with Crippen LogP contribution in [-0.4, -0.2) is 17.0 Å². The second-order valence-electron chi connectivity index (χ2n) is 7.50. The summed E-state index contributed by atoms with van der Waals surface area (Å²) in [6.07, 6.45) is 3.93. The molecule has 4 nitrogen and oxygen atoms in total. The quantitative estimate of drug-likeness (QED) is 0.590. The fourth-order valence-corrected chi connectivity index (χ4v) is 4.29. The van der Waals surface area contributed by atoms with Gasteiger partial charge in [0, 0.05) is 17.5 Å². The third-order valence-corrected chi connectivity index (χ3v) is 5.68. The number of rotatable bonds is 5. The Bertz CT molecular complexity index is 1030. The van der Waals surface area contributed by atoms with E-state index < -0.39 is 17.8 Å². The Morgan fingerprint density at radius 3 is 1.53 bits per heavy atom. The third-order valence-electron chi connectivity index (χ3n) is 5.68. The highest BCUT2D eigenvalue weighted by atomic mass is 16.4. The molecule has 4 atom stereocenters. The minimum atomic E-state index is -0.970. The number of aliphatic carboxylic acids is 1. The summed E-state index contributed by atoms with van der Waals surface area (Å²) in [5.41, 5.74) is 2.48. The molecule has 1 aliphatic carbocycles. The van der Waals surface area contributed by atoms with E-state index in [-0.39, 0.29) is 17.7 Å². The summed E-state index contributed by atoms with van der Waals surface area (Å²) < 4.78 is 0. The number of para-hydroxylation sites is 1. The fraction of sp³-hybridized carbons (Fsp3) is 0.154. The van der Waals surface area contributed by atoms with E-state index in [4.69, 9.17) is 0 Å². The normalized spacial score (nSPS) is 22.9. The predicted octanol–water partition coefficient (Wildman–Crippen LogP) is 5.08. The summed E-state index contributed by atoms with van der Waals surface area (Å²) in [6, 6.07) is 28.3. The number of carbonyl (C=O) groups excluding carboxylic acids is 1. The van der Waals surface area contributed by atoms with Gasteiger partial charge in [0.2, 0.25) is 5.91 Å². The van der Waals surface area contributed by atoms with E-state index in [1.807, 2.05) is 91.0 Å². The minimum absolute atomic E-state index is 0.285. The number of hydrogen-bond donors (Lipinski definition) is 2. The van der Waals surface area contributed by atoms with Crippen LogP contribution >= 0.6 is 0 Å². The Kier molecular flexibility index (Phi) is 5.75. The van der Waals surface area contributed by atoms with Crippen LogP contribution in [0.5, 0.6) is 0 Å². The maximum absolute atomic E-state index is 13.4. The molecule has 0 fully saturated rings. The second-order valence-corrected chi connectivity index (χ2v) is 7.50. The molecule has 0 spiro atoms. The summed E-state index contributed by atoms with van der Waals surface area (Å²) in [5, 5.41) is 13.1. The third kappa shape index (κ3) is 4.03. The van der Waals surface area contributed by atoms with Gasteiger partial charge in [0.1, 0.15) is 0 Å². The van der Waals surface area contributed by atoms with Gasteiger partial charge in [-0.15, -0.1) is 0 Å². The van der Waals surface area contributed by atoms with Crippen molar-refractivity contribution >= 4 is 17.6 Å². The zero-order valence-corrected chi connectivity index (χ0v) is 16.4. The fourth-order valence-electron chi connectivity index (χ4n) is 4.29. The second kappa shape index (κ2) is 8.78. The van der Waals surface area contributed by atoms with E-state index in [0.29, 0.717) is 5.69 Å². The molecule has 4 heteroatoms. The molecule has 0 aliphatic heterocycles. The molecule has 0 saturated carbocycles. The average Bonchev–Trinajstić information content (AvgIpc) is 2.80. The SMILES string of the molecule is O=C(Nc1ccccc1)[C@@H]1[C@H](C(=O)O)[C@H](c2ccccc2)C=C[C@@H]1c1ccccc1. The first-order valence-corrected chi connectivity index (χ1v) is 10.0. The largest absolute Gasteiger partial charge is 0.481 e. The van der Waals surface area contributed by atoms with Crippen LogP contribution in [0.15, 0.2) is 103 Å². The standard InChI is InChI=1S/C26H23NO3/c28-25(27-20-14-8-3-9-15-20)23-21(18-10-4-1-5-11-18)16-17-22(24(23)26(29)30)19-12-6-2-7-13-19/h1-17,21-24H,(H,27,28)(H,29,30)/t21-,22+,23+,24-/m1/s1. The van der Waals surface area contributed by atoms with Gasteiger partial charge in [-0.05, 0) is 23.3 Å². The minimum Gasteiger partial charge on any atom is -0.481 e. The maximum Gasteiger partial charge on any atom is 0.308 e. The number of carbonyl (C=O) groups is 2. The molecule has 3 aromatic carbocycles. The van der Waals surface area contributed by atoms with Gasteiger partial charge < -0.3 is 10.4 Å². The molecule has 150 valence electrons. The maximum atomic E-state index is 13.4. The van der Waals surface area contributed by atoms with E-state index in [1.54, 1.807) is 12.1 Å². The molecule has 0 bridgehead atoms. The van der Waals surface area contributed by atoms with Crippen LogP contribution in [0.25, 0.3) is 0 Å². The van der Waals surface area contributed by atoms with Crippen molar-refractivity contribution in [2.45, 2.75) is 11.8 Å². The lowest BCUT2D eigenvalue weighted by molar-refractivity contribution is -0.147. The lowest BCUT2D eigenvalue weighted by Crippen LogP contribution is -2.42. The lowest BCUT2D eigenvalue weighted by atomic mass is 9.66. The molecule has 0 saturated heterocycles. The van der Waals surface area contributed by atoms with Gasteiger partial charge in [-0.3, -0.25) is 9.59 Å². The van der Waals surface area contributed by atoms with E-state index in [0.717, 1.165) is 11.1 Å². The molecule has 0 radical (unpaired) electrons. The first-order valence-electron chi connectivity index (χ1n) is 10.0. The number of hydrogen-bond acceptors (Lipinski definition) is 2. The zero-order chi connectivity index (χ0) is 20.9. The van der Waals surface area contributed by atoms with Crippen LogP contribution in [0, 0.1) is 11.8 Å². The Morgan fingerprint density at radius 1 is 0.633 bits per heavy atom. The predicted molar refractivity (Wildman–Crippen MR) is 117 cm³/mol. The molecular weight excluding hydrogens is 374 g/mol. The van der Waals surface area contributed by atoms with E-state index in [2.05, 4.69) is 5.32 Å². The number of carboxylic acid groups (broad SMARTS) is 1. The van der Waals surface area contributed by atoms with Crippen molar-refractivity contribution in [3.8, 4) is 0 Å². The number of benzene rings is 3. The van der Waals surface area contributed by atoms with Crippen molar-refractivity contribution in [3.05, 3.63) is 114 Å². The van der Waals surface area contributed by atoms with Crippen LogP contribution in [-0.2, 0) is 9.59 Å². The van der Waals surface area contributed by atoms with Gasteiger partial charge >= 0.3 is 5.97 Å². The van der Waals surface area contributed by atoms with Crippen molar-refractivity contribution in [2.24, 2.45) is 11.8 Å². The molecule has 0 heterocycles. The van der Waals surface area contributed by atoms with Gasteiger partial charge in [-0.25, -0.2) is 0 Å². The molecule has 1 aliphatic rings. The van der Waals surface area contributed by atoms with Crippen LogP contribution in [0.4, 0.5) is 5.69 Å². The summed E-state index contributed by atoms with van der Waals surface area (Å²) >= 11 is 0. The summed E-state index contributed by atoms with van der Waals surface area (Å²) in [7, 11) is 0. The Balaban J connectivity index is 1.78. The molecule has 0 aromatic heterocycles. The Morgan fingerprint density at radius 2 is 1.07 bits per heavy atom. The molecule has 30 heavy (non-hydrogen) atoms. The van der Waals surface area contributed by atoms with Gasteiger partial charge in [-0.1, -0.05) is 91.0 Å².